The summed E-state index contributed by atoms with van der Waals surface area (Å²) in [5, 5.41) is 13.6. The molecule has 3 aromatic heterocycles. The molecule has 1 radical (unpaired) electrons. The number of fused-ring (bicyclic) bond motifs is 2. The van der Waals surface area contributed by atoms with E-state index in [1.807, 2.05) is 72.3 Å². The molecule has 0 bridgehead atoms. The van der Waals surface area contributed by atoms with E-state index in [0.717, 1.165) is 76.5 Å². The maximum atomic E-state index is 12.2. The number of furan rings is 1. The number of aliphatic hydroxyl groups excluding tert-OH is 1. The standard InChI is InChI=1S/C30H29N2O.C15H28O2.Ir/c1-19(2)14-28-29-24(11-13-32-28)25(18-33-29)21-10-12-31-27(17-21)22-15-20-8-6-7-9-23(20)26(16-22)30(3,4)5;1-7-14(5,8-2)12(16)11-13(17)15(6,9-3)10-4;/h6-13,16-19H,14H2,1-5H3;11,16H,7-10H2,1-6H3;/q-1;;/b;12-11-;. The fourth-order valence-corrected chi connectivity index (χ4v) is 6.19. The summed E-state index contributed by atoms with van der Waals surface area (Å²) in [6.45, 7) is 23.2. The summed E-state index contributed by atoms with van der Waals surface area (Å²) in [6.07, 6.45) is 11.3. The van der Waals surface area contributed by atoms with Gasteiger partial charge in [-0.15, -0.1) is 29.1 Å². The summed E-state index contributed by atoms with van der Waals surface area (Å²) in [7, 11) is 0. The summed E-state index contributed by atoms with van der Waals surface area (Å²) in [6, 6.07) is 20.5. The van der Waals surface area contributed by atoms with Gasteiger partial charge in [-0.25, -0.2) is 0 Å². The Balaban J connectivity index is 0.000000335. The summed E-state index contributed by atoms with van der Waals surface area (Å²) in [4.78, 5) is 21.5. The molecule has 0 unspecified atom stereocenters. The number of carbonyl (C=O) groups is 1. The SMILES string of the molecule is CC(C)Cc1nccc2c(-c3ccnc(-c4[c-]c5ccccc5c(C(C)(C)C)c4)c3)coc12.CCC(C)(CC)C(=O)/C=C(\O)C(C)(CC)CC.[Ir]. The Morgan fingerprint density at radius 1 is 0.863 bits per heavy atom. The van der Waals surface area contributed by atoms with Crippen LogP contribution in [0.15, 0.2) is 83.4 Å². The van der Waals surface area contributed by atoms with Crippen molar-refractivity contribution in [3.63, 3.8) is 0 Å². The van der Waals surface area contributed by atoms with Crippen LogP contribution < -0.4 is 0 Å². The third-order valence-corrected chi connectivity index (χ3v) is 10.7. The van der Waals surface area contributed by atoms with Crippen LogP contribution in [0.5, 0.6) is 0 Å². The maximum Gasteiger partial charge on any atom is 0.164 e. The quantitative estimate of drug-likeness (QED) is 0.0813. The molecule has 0 aliphatic carbocycles. The Morgan fingerprint density at radius 2 is 1.49 bits per heavy atom. The summed E-state index contributed by atoms with van der Waals surface area (Å²) in [5.74, 6) is 0.804. The van der Waals surface area contributed by atoms with E-state index in [4.69, 9.17) is 9.40 Å². The summed E-state index contributed by atoms with van der Waals surface area (Å²) in [5.41, 5.74) is 6.68. The minimum atomic E-state index is -0.337. The van der Waals surface area contributed by atoms with Gasteiger partial charge in [0.2, 0.25) is 0 Å². The molecule has 0 aliphatic heterocycles. The zero-order valence-electron chi connectivity index (χ0n) is 32.5. The Morgan fingerprint density at radius 3 is 2.10 bits per heavy atom. The molecule has 275 valence electrons. The Labute approximate surface area is 319 Å². The van der Waals surface area contributed by atoms with Crippen LogP contribution in [0.25, 0.3) is 44.1 Å². The van der Waals surface area contributed by atoms with Crippen molar-refractivity contribution in [2.75, 3.05) is 0 Å². The molecule has 0 aliphatic rings. The molecule has 5 rings (SSSR count). The maximum absolute atomic E-state index is 12.2. The van der Waals surface area contributed by atoms with Crippen molar-refractivity contribution >= 4 is 27.5 Å². The minimum Gasteiger partial charge on any atom is -0.512 e. The van der Waals surface area contributed by atoms with E-state index in [2.05, 4.69) is 82.1 Å². The van der Waals surface area contributed by atoms with Gasteiger partial charge in [-0.05, 0) is 61.1 Å². The molecule has 1 N–H and O–H groups in total. The molecule has 5 nitrogen and oxygen atoms in total. The fourth-order valence-electron chi connectivity index (χ4n) is 6.19. The fraction of sp³-hybridized carbons (Fsp3) is 0.444. The van der Waals surface area contributed by atoms with Crippen molar-refractivity contribution in [3.05, 3.63) is 96.3 Å². The van der Waals surface area contributed by atoms with Gasteiger partial charge < -0.3 is 9.52 Å². The zero-order valence-corrected chi connectivity index (χ0v) is 34.9. The second-order valence-corrected chi connectivity index (χ2v) is 15.6. The largest absolute Gasteiger partial charge is 0.512 e. The first kappa shape index (κ1) is 41.8. The van der Waals surface area contributed by atoms with Gasteiger partial charge >= 0.3 is 0 Å². The molecule has 0 spiro atoms. The number of nitrogens with zero attached hydrogens (tertiary/aromatic N) is 2. The van der Waals surface area contributed by atoms with Crippen LogP contribution in [0.1, 0.15) is 113 Å². The van der Waals surface area contributed by atoms with Crippen molar-refractivity contribution in [1.82, 2.24) is 9.97 Å². The second-order valence-electron chi connectivity index (χ2n) is 15.6. The van der Waals surface area contributed by atoms with Gasteiger partial charge in [-0.1, -0.05) is 111 Å². The molecule has 3 heterocycles. The monoisotopic (exact) mass is 866 g/mol. The molecule has 2 aromatic carbocycles. The Bertz CT molecular complexity index is 1960. The third-order valence-electron chi connectivity index (χ3n) is 10.7. The van der Waals surface area contributed by atoms with E-state index >= 15 is 0 Å². The number of aliphatic hydroxyl groups is 1. The molecule has 0 saturated heterocycles. The van der Waals surface area contributed by atoms with E-state index in [9.17, 15) is 9.90 Å². The minimum absolute atomic E-state index is 0. The Kier molecular flexibility index (Phi) is 14.2. The zero-order chi connectivity index (χ0) is 36.9. The van der Waals surface area contributed by atoms with Gasteiger partial charge in [0.25, 0.3) is 0 Å². The molecule has 5 aromatic rings. The van der Waals surface area contributed by atoms with Crippen molar-refractivity contribution in [1.29, 1.82) is 0 Å². The van der Waals surface area contributed by atoms with Crippen LogP contribution in [0.2, 0.25) is 0 Å². The molecule has 0 amide bonds. The van der Waals surface area contributed by atoms with Gasteiger partial charge in [-0.3, -0.25) is 14.8 Å². The van der Waals surface area contributed by atoms with Crippen molar-refractivity contribution in [2.24, 2.45) is 16.7 Å². The van der Waals surface area contributed by atoms with E-state index < -0.39 is 0 Å². The topological polar surface area (TPSA) is 76.2 Å². The van der Waals surface area contributed by atoms with Crippen LogP contribution in [-0.4, -0.2) is 20.9 Å². The number of pyridine rings is 2. The van der Waals surface area contributed by atoms with Crippen LogP contribution in [-0.2, 0) is 36.7 Å². The average molecular weight is 866 g/mol. The van der Waals surface area contributed by atoms with Crippen LogP contribution in [0.3, 0.4) is 0 Å². The Hall–Kier alpha value is -3.60. The number of aromatic nitrogens is 2. The molecule has 51 heavy (non-hydrogen) atoms. The number of carbonyl (C=O) groups excluding carboxylic acids is 1. The normalized spacial score (nSPS) is 12.5. The smallest absolute Gasteiger partial charge is 0.164 e. The van der Waals surface area contributed by atoms with E-state index in [1.165, 1.54) is 17.0 Å². The number of benzene rings is 2. The van der Waals surface area contributed by atoms with E-state index in [-0.39, 0.29) is 47.9 Å². The van der Waals surface area contributed by atoms with Gasteiger partial charge in [0.05, 0.1) is 12.0 Å². The van der Waals surface area contributed by atoms with Gasteiger partial charge in [0.1, 0.15) is 5.76 Å². The average Bonchev–Trinajstić information content (AvgIpc) is 3.55. The van der Waals surface area contributed by atoms with Crippen molar-refractivity contribution < 1.29 is 34.4 Å². The first-order valence-corrected chi connectivity index (χ1v) is 18.3. The van der Waals surface area contributed by atoms with E-state index in [0.29, 0.717) is 5.92 Å². The number of rotatable bonds is 11. The van der Waals surface area contributed by atoms with Crippen LogP contribution in [0.4, 0.5) is 0 Å². The van der Waals surface area contributed by atoms with Crippen LogP contribution >= 0.6 is 0 Å². The predicted octanol–water partition coefficient (Wildman–Crippen LogP) is 12.7. The first-order chi connectivity index (χ1) is 23.6. The summed E-state index contributed by atoms with van der Waals surface area (Å²) >= 11 is 0. The van der Waals surface area contributed by atoms with Crippen molar-refractivity contribution in [3.8, 4) is 22.4 Å². The number of ketones is 1. The van der Waals surface area contributed by atoms with E-state index in [1.54, 1.807) is 0 Å². The molecule has 0 fully saturated rings. The predicted molar refractivity (Wildman–Crippen MR) is 209 cm³/mol. The molecule has 0 atom stereocenters. The van der Waals surface area contributed by atoms with Gasteiger partial charge in [0, 0.05) is 66.0 Å². The first-order valence-electron chi connectivity index (χ1n) is 18.3. The number of hydrogen-bond donors (Lipinski definition) is 1. The van der Waals surface area contributed by atoms with Crippen molar-refractivity contribution in [2.45, 2.75) is 114 Å². The van der Waals surface area contributed by atoms with Crippen LogP contribution in [0, 0.1) is 22.8 Å². The summed E-state index contributed by atoms with van der Waals surface area (Å²) < 4.78 is 6.01. The number of hydrogen-bond acceptors (Lipinski definition) is 5. The molecule has 0 saturated carbocycles. The molecule has 6 heteroatoms. The second kappa shape index (κ2) is 17.3. The molecular formula is C45H57IrN2O3-. The van der Waals surface area contributed by atoms with Gasteiger partial charge in [-0.2, -0.15) is 0 Å². The number of allylic oxidation sites excluding steroid dienone is 2. The van der Waals surface area contributed by atoms with Gasteiger partial charge in [0.15, 0.2) is 11.4 Å². The molecular weight excluding hydrogens is 809 g/mol. The third kappa shape index (κ3) is 9.45.